The molecule has 2 aromatic rings. The number of rotatable bonds is 6. The number of carbonyl (C=O) groups excluding carboxylic acids is 3. The minimum atomic E-state index is -0.198. The highest BCUT2D eigenvalue weighted by Gasteiger charge is 2.17. The van der Waals surface area contributed by atoms with Crippen molar-refractivity contribution in [2.45, 2.75) is 25.7 Å². The van der Waals surface area contributed by atoms with E-state index < -0.39 is 0 Å². The Labute approximate surface area is 183 Å². The van der Waals surface area contributed by atoms with Crippen molar-refractivity contribution in [1.29, 1.82) is 0 Å². The number of hydrogen-bond donors (Lipinski definition) is 2. The third-order valence-electron chi connectivity index (χ3n) is 5.30. The molecule has 0 saturated carbocycles. The van der Waals surface area contributed by atoms with Gasteiger partial charge in [-0.2, -0.15) is 0 Å². The molecule has 0 unspecified atom stereocenters. The molecule has 7 heteroatoms. The molecule has 2 aromatic carbocycles. The van der Waals surface area contributed by atoms with Crippen LogP contribution < -0.4 is 10.6 Å². The molecule has 1 saturated heterocycles. The summed E-state index contributed by atoms with van der Waals surface area (Å²) in [5.41, 5.74) is 2.63. The lowest BCUT2D eigenvalue weighted by atomic mass is 10.1. The van der Waals surface area contributed by atoms with Crippen LogP contribution in [0.5, 0.6) is 0 Å². The fourth-order valence-electron chi connectivity index (χ4n) is 3.53. The highest BCUT2D eigenvalue weighted by molar-refractivity contribution is 5.97. The first-order valence-electron chi connectivity index (χ1n) is 10.7. The Morgan fingerprint density at radius 2 is 1.35 bits per heavy atom. The second-order valence-corrected chi connectivity index (χ2v) is 7.96. The Bertz CT molecular complexity index is 899. The second-order valence-electron chi connectivity index (χ2n) is 7.96. The number of nitrogens with zero attached hydrogens (tertiary/aromatic N) is 2. The largest absolute Gasteiger partial charge is 0.376 e. The average molecular weight is 423 g/mol. The van der Waals surface area contributed by atoms with E-state index in [9.17, 15) is 14.4 Å². The van der Waals surface area contributed by atoms with Crippen molar-refractivity contribution < 1.29 is 14.4 Å². The predicted molar refractivity (Wildman–Crippen MR) is 122 cm³/mol. The third kappa shape index (κ3) is 6.31. The molecule has 0 spiro atoms. The average Bonchev–Trinajstić information content (AvgIpc) is 3.07. The van der Waals surface area contributed by atoms with E-state index in [1.807, 2.05) is 17.0 Å². The van der Waals surface area contributed by atoms with Gasteiger partial charge in [-0.05, 0) is 61.4 Å². The van der Waals surface area contributed by atoms with Crippen LogP contribution in [0, 0.1) is 0 Å². The van der Waals surface area contributed by atoms with Crippen molar-refractivity contribution in [3.63, 3.8) is 0 Å². The summed E-state index contributed by atoms with van der Waals surface area (Å²) in [5.74, 6) is -0.212. The van der Waals surface area contributed by atoms with Gasteiger partial charge in [-0.1, -0.05) is 12.8 Å². The Hall–Kier alpha value is -3.35. The first-order valence-corrected chi connectivity index (χ1v) is 10.7. The molecule has 1 heterocycles. The summed E-state index contributed by atoms with van der Waals surface area (Å²) in [6, 6.07) is 14.0. The van der Waals surface area contributed by atoms with Gasteiger partial charge in [0.05, 0.1) is 6.54 Å². The molecule has 1 aliphatic heterocycles. The van der Waals surface area contributed by atoms with E-state index in [2.05, 4.69) is 10.6 Å². The van der Waals surface area contributed by atoms with Crippen molar-refractivity contribution >= 4 is 29.1 Å². The van der Waals surface area contributed by atoms with Crippen LogP contribution in [-0.4, -0.2) is 61.3 Å². The van der Waals surface area contributed by atoms with E-state index in [-0.39, 0.29) is 24.3 Å². The minimum Gasteiger partial charge on any atom is -0.376 e. The molecule has 0 aromatic heterocycles. The maximum absolute atomic E-state index is 12.7. The van der Waals surface area contributed by atoms with E-state index in [1.54, 1.807) is 50.5 Å². The van der Waals surface area contributed by atoms with Gasteiger partial charge in [-0.15, -0.1) is 0 Å². The number of hydrogen-bond acceptors (Lipinski definition) is 4. The van der Waals surface area contributed by atoms with Crippen LogP contribution in [0.4, 0.5) is 11.4 Å². The Kier molecular flexibility index (Phi) is 7.65. The number of amides is 3. The van der Waals surface area contributed by atoms with E-state index in [1.165, 1.54) is 17.7 Å². The predicted octanol–water partition coefficient (Wildman–Crippen LogP) is 3.46. The summed E-state index contributed by atoms with van der Waals surface area (Å²) in [6.45, 7) is 1.74. The third-order valence-corrected chi connectivity index (χ3v) is 5.30. The van der Waals surface area contributed by atoms with Gasteiger partial charge in [0.1, 0.15) is 0 Å². The molecule has 31 heavy (non-hydrogen) atoms. The van der Waals surface area contributed by atoms with E-state index in [4.69, 9.17) is 0 Å². The molecule has 3 amide bonds. The lowest BCUT2D eigenvalue weighted by Crippen LogP contribution is -2.31. The molecule has 7 nitrogen and oxygen atoms in total. The molecule has 164 valence electrons. The zero-order valence-electron chi connectivity index (χ0n) is 18.2. The summed E-state index contributed by atoms with van der Waals surface area (Å²) < 4.78 is 0. The van der Waals surface area contributed by atoms with Gasteiger partial charge in [-0.3, -0.25) is 14.4 Å². The molecule has 1 fully saturated rings. The van der Waals surface area contributed by atoms with Crippen LogP contribution in [0.2, 0.25) is 0 Å². The molecule has 1 aliphatic rings. The van der Waals surface area contributed by atoms with Gasteiger partial charge in [-0.25, -0.2) is 0 Å². The molecule has 3 rings (SSSR count). The highest BCUT2D eigenvalue weighted by Crippen LogP contribution is 2.16. The summed E-state index contributed by atoms with van der Waals surface area (Å²) in [5, 5.41) is 5.87. The molecule has 0 aliphatic carbocycles. The van der Waals surface area contributed by atoms with Crippen molar-refractivity contribution in [3.05, 3.63) is 59.7 Å². The Balaban J connectivity index is 1.49. The fourth-order valence-corrected chi connectivity index (χ4v) is 3.53. The minimum absolute atomic E-state index is 0.0717. The van der Waals surface area contributed by atoms with E-state index in [0.29, 0.717) is 16.8 Å². The molecular weight excluding hydrogens is 392 g/mol. The van der Waals surface area contributed by atoms with Crippen LogP contribution in [-0.2, 0) is 4.79 Å². The number of anilines is 2. The second kappa shape index (κ2) is 10.6. The summed E-state index contributed by atoms with van der Waals surface area (Å²) >= 11 is 0. The highest BCUT2D eigenvalue weighted by atomic mass is 16.2. The maximum Gasteiger partial charge on any atom is 0.253 e. The lowest BCUT2D eigenvalue weighted by Gasteiger charge is -2.20. The summed E-state index contributed by atoms with van der Waals surface area (Å²) in [4.78, 5) is 40.2. The Morgan fingerprint density at radius 1 is 0.806 bits per heavy atom. The van der Waals surface area contributed by atoms with Gasteiger partial charge in [0, 0.05) is 49.7 Å². The van der Waals surface area contributed by atoms with Crippen molar-refractivity contribution in [2.24, 2.45) is 0 Å². The van der Waals surface area contributed by atoms with E-state index in [0.717, 1.165) is 31.6 Å². The zero-order chi connectivity index (χ0) is 22.2. The zero-order valence-corrected chi connectivity index (χ0v) is 18.2. The lowest BCUT2D eigenvalue weighted by molar-refractivity contribution is -0.114. The van der Waals surface area contributed by atoms with Gasteiger partial charge in [0.25, 0.3) is 11.8 Å². The number of likely N-dealkylation sites (tertiary alicyclic amines) is 1. The van der Waals surface area contributed by atoms with Gasteiger partial charge in [0.15, 0.2) is 0 Å². The number of nitrogens with one attached hydrogen (secondary N) is 2. The number of carbonyl (C=O) groups is 3. The first-order chi connectivity index (χ1) is 14.9. The standard InChI is InChI=1S/C24H30N4O3/c1-27(2)23(30)18-9-13-21(14-10-18)26-22(29)17-25-20-11-7-19(8-12-20)24(31)28-15-5-3-4-6-16-28/h7-14,25H,3-6,15-17H2,1-2H3,(H,26,29). The summed E-state index contributed by atoms with van der Waals surface area (Å²) in [7, 11) is 3.39. The summed E-state index contributed by atoms with van der Waals surface area (Å²) in [6.07, 6.45) is 4.50. The molecule has 2 N–H and O–H groups in total. The maximum atomic E-state index is 12.7. The molecular formula is C24H30N4O3. The molecule has 0 bridgehead atoms. The van der Waals surface area contributed by atoms with Crippen LogP contribution in [0.3, 0.4) is 0 Å². The van der Waals surface area contributed by atoms with Crippen molar-refractivity contribution in [3.8, 4) is 0 Å². The normalized spacial score (nSPS) is 13.8. The van der Waals surface area contributed by atoms with Gasteiger partial charge in [0.2, 0.25) is 5.91 Å². The molecule has 0 atom stereocenters. The number of benzene rings is 2. The van der Waals surface area contributed by atoms with Crippen molar-refractivity contribution in [1.82, 2.24) is 9.80 Å². The van der Waals surface area contributed by atoms with Crippen LogP contribution >= 0.6 is 0 Å². The topological polar surface area (TPSA) is 81.8 Å². The van der Waals surface area contributed by atoms with Gasteiger partial charge >= 0.3 is 0 Å². The molecule has 0 radical (unpaired) electrons. The fraction of sp³-hybridized carbons (Fsp3) is 0.375. The van der Waals surface area contributed by atoms with E-state index >= 15 is 0 Å². The van der Waals surface area contributed by atoms with Crippen LogP contribution in [0.25, 0.3) is 0 Å². The smallest absolute Gasteiger partial charge is 0.253 e. The van der Waals surface area contributed by atoms with Crippen LogP contribution in [0.15, 0.2) is 48.5 Å². The van der Waals surface area contributed by atoms with Gasteiger partial charge < -0.3 is 20.4 Å². The Morgan fingerprint density at radius 3 is 1.94 bits per heavy atom. The van der Waals surface area contributed by atoms with Crippen molar-refractivity contribution in [2.75, 3.05) is 44.4 Å². The first kappa shape index (κ1) is 22.3. The van der Waals surface area contributed by atoms with Crippen LogP contribution in [0.1, 0.15) is 46.4 Å². The SMILES string of the molecule is CN(C)C(=O)c1ccc(NC(=O)CNc2ccc(C(=O)N3CCCCCC3)cc2)cc1. The monoisotopic (exact) mass is 422 g/mol. The quantitative estimate of drug-likeness (QED) is 0.747.